The number of carbonyl (C=O) groups excluding carboxylic acids is 2. The van der Waals surface area contributed by atoms with Gasteiger partial charge < -0.3 is 9.15 Å². The molecule has 2 aromatic carbocycles. The lowest BCUT2D eigenvalue weighted by molar-refractivity contribution is -0.123. The average Bonchev–Trinajstić information content (AvgIpc) is 3.16. The summed E-state index contributed by atoms with van der Waals surface area (Å²) in [5.74, 6) is -0.476. The Morgan fingerprint density at radius 2 is 1.71 bits per heavy atom. The number of rotatable bonds is 5. The van der Waals surface area contributed by atoms with Crippen molar-refractivity contribution in [3.05, 3.63) is 75.4 Å². The Labute approximate surface area is 175 Å². The molecule has 0 aliphatic heterocycles. The number of hydrogen-bond donors (Lipinski definition) is 2. The van der Waals surface area contributed by atoms with E-state index in [9.17, 15) is 9.59 Å². The number of amides is 2. The number of hydrogen-bond acceptors (Lipinski definition) is 4. The topological polar surface area (TPSA) is 80.6 Å². The highest BCUT2D eigenvalue weighted by Gasteiger charge is 2.15. The van der Waals surface area contributed by atoms with Gasteiger partial charge in [0.2, 0.25) is 0 Å². The molecule has 0 unspecified atom stereocenters. The molecule has 0 fully saturated rings. The second-order valence-electron chi connectivity index (χ2n) is 5.51. The summed E-state index contributed by atoms with van der Waals surface area (Å²) in [6.07, 6.45) is 0. The van der Waals surface area contributed by atoms with Gasteiger partial charge in [-0.2, -0.15) is 0 Å². The molecule has 0 saturated carbocycles. The standard InChI is InChI=1S/C19H13Cl3N2O4/c20-11-5-6-16(14(22)9-11)27-10-18(25)23-24-19(26)17-8-7-15(28-17)12-3-1-2-4-13(12)21/h1-9H,10H2,(H,23,25)(H,24,26). The zero-order chi connectivity index (χ0) is 20.1. The number of benzene rings is 2. The molecule has 3 aromatic rings. The molecule has 9 heteroatoms. The first kappa shape index (κ1) is 20.1. The fourth-order valence-corrected chi connectivity index (χ4v) is 2.92. The monoisotopic (exact) mass is 438 g/mol. The summed E-state index contributed by atoms with van der Waals surface area (Å²) in [5, 5.41) is 1.21. The fraction of sp³-hybridized carbons (Fsp3) is 0.0526. The Hall–Kier alpha value is -2.67. The average molecular weight is 440 g/mol. The highest BCUT2D eigenvalue weighted by atomic mass is 35.5. The van der Waals surface area contributed by atoms with Gasteiger partial charge in [0.25, 0.3) is 5.91 Å². The number of hydrazine groups is 1. The second-order valence-corrected chi connectivity index (χ2v) is 6.76. The van der Waals surface area contributed by atoms with Gasteiger partial charge in [-0.25, -0.2) is 0 Å². The normalized spacial score (nSPS) is 10.4. The van der Waals surface area contributed by atoms with Gasteiger partial charge in [0.1, 0.15) is 11.5 Å². The molecular weight excluding hydrogens is 427 g/mol. The van der Waals surface area contributed by atoms with Gasteiger partial charge in [-0.15, -0.1) is 0 Å². The van der Waals surface area contributed by atoms with Crippen LogP contribution < -0.4 is 15.6 Å². The van der Waals surface area contributed by atoms with Crippen LogP contribution in [0.1, 0.15) is 10.6 Å². The maximum Gasteiger partial charge on any atom is 0.305 e. The van der Waals surface area contributed by atoms with E-state index in [-0.39, 0.29) is 17.4 Å². The van der Waals surface area contributed by atoms with Crippen molar-refractivity contribution in [3.63, 3.8) is 0 Å². The van der Waals surface area contributed by atoms with Crippen LogP contribution >= 0.6 is 34.8 Å². The number of furan rings is 1. The minimum Gasteiger partial charge on any atom is -0.482 e. The third kappa shape index (κ3) is 4.98. The molecule has 6 nitrogen and oxygen atoms in total. The van der Waals surface area contributed by atoms with Crippen molar-refractivity contribution in [1.82, 2.24) is 10.9 Å². The molecule has 1 heterocycles. The minimum absolute atomic E-state index is 0.0110. The summed E-state index contributed by atoms with van der Waals surface area (Å²) < 4.78 is 10.8. The first-order valence-corrected chi connectivity index (χ1v) is 9.09. The van der Waals surface area contributed by atoms with E-state index >= 15 is 0 Å². The Morgan fingerprint density at radius 1 is 0.929 bits per heavy atom. The van der Waals surface area contributed by atoms with Gasteiger partial charge in [0.05, 0.1) is 10.0 Å². The van der Waals surface area contributed by atoms with Gasteiger partial charge in [-0.1, -0.05) is 46.9 Å². The smallest absolute Gasteiger partial charge is 0.305 e. The van der Waals surface area contributed by atoms with E-state index < -0.39 is 11.8 Å². The van der Waals surface area contributed by atoms with Crippen LogP contribution in [-0.2, 0) is 4.79 Å². The lowest BCUT2D eigenvalue weighted by Gasteiger charge is -2.09. The summed E-state index contributed by atoms with van der Waals surface area (Å²) in [5.41, 5.74) is 5.12. The minimum atomic E-state index is -0.629. The first-order valence-electron chi connectivity index (χ1n) is 7.96. The number of ether oxygens (including phenoxy) is 1. The Bertz CT molecular complexity index is 1020. The predicted octanol–water partition coefficient (Wildman–Crippen LogP) is 4.75. The van der Waals surface area contributed by atoms with Crippen molar-refractivity contribution in [1.29, 1.82) is 0 Å². The molecule has 2 amide bonds. The molecule has 0 radical (unpaired) electrons. The van der Waals surface area contributed by atoms with Crippen LogP contribution in [0.5, 0.6) is 5.75 Å². The zero-order valence-corrected chi connectivity index (χ0v) is 16.4. The van der Waals surface area contributed by atoms with E-state index in [4.69, 9.17) is 44.0 Å². The number of halogens is 3. The molecule has 0 aliphatic rings. The lowest BCUT2D eigenvalue weighted by Crippen LogP contribution is -2.43. The summed E-state index contributed by atoms with van der Waals surface area (Å²) in [6, 6.07) is 14.8. The Balaban J connectivity index is 1.53. The second kappa shape index (κ2) is 9.01. The summed E-state index contributed by atoms with van der Waals surface area (Å²) in [4.78, 5) is 23.9. The van der Waals surface area contributed by atoms with Crippen molar-refractivity contribution in [2.24, 2.45) is 0 Å². The van der Waals surface area contributed by atoms with Crippen molar-refractivity contribution in [2.45, 2.75) is 0 Å². The van der Waals surface area contributed by atoms with Crippen molar-refractivity contribution in [3.8, 4) is 17.1 Å². The molecule has 28 heavy (non-hydrogen) atoms. The molecule has 0 saturated heterocycles. The van der Waals surface area contributed by atoms with E-state index in [0.29, 0.717) is 27.1 Å². The van der Waals surface area contributed by atoms with Gasteiger partial charge in [0.15, 0.2) is 12.4 Å². The highest BCUT2D eigenvalue weighted by molar-refractivity contribution is 6.35. The summed E-state index contributed by atoms with van der Waals surface area (Å²) in [6.45, 7) is -0.356. The van der Waals surface area contributed by atoms with Crippen molar-refractivity contribution in [2.75, 3.05) is 6.61 Å². The molecule has 144 valence electrons. The SMILES string of the molecule is O=C(COc1ccc(Cl)cc1Cl)NNC(=O)c1ccc(-c2ccccc2Cl)o1. The fourth-order valence-electron chi connectivity index (χ4n) is 2.23. The summed E-state index contributed by atoms with van der Waals surface area (Å²) >= 11 is 17.8. The van der Waals surface area contributed by atoms with E-state index in [2.05, 4.69) is 10.9 Å². The number of carbonyl (C=O) groups is 2. The third-order valence-electron chi connectivity index (χ3n) is 3.54. The Kier molecular flexibility index (Phi) is 6.46. The largest absolute Gasteiger partial charge is 0.482 e. The van der Waals surface area contributed by atoms with Gasteiger partial charge in [0, 0.05) is 10.6 Å². The maximum absolute atomic E-state index is 12.1. The van der Waals surface area contributed by atoms with Crippen LogP contribution in [0.25, 0.3) is 11.3 Å². The molecule has 0 spiro atoms. The van der Waals surface area contributed by atoms with E-state index in [1.807, 2.05) is 0 Å². The van der Waals surface area contributed by atoms with E-state index in [0.717, 1.165) is 0 Å². The number of nitrogens with one attached hydrogen (secondary N) is 2. The zero-order valence-electron chi connectivity index (χ0n) is 14.2. The highest BCUT2D eigenvalue weighted by Crippen LogP contribution is 2.29. The molecule has 1 aromatic heterocycles. The lowest BCUT2D eigenvalue weighted by atomic mass is 10.2. The van der Waals surface area contributed by atoms with E-state index in [1.54, 1.807) is 36.4 Å². The van der Waals surface area contributed by atoms with Crippen LogP contribution in [0.15, 0.2) is 59.0 Å². The molecule has 3 rings (SSSR count). The molecule has 0 bridgehead atoms. The van der Waals surface area contributed by atoms with Crippen molar-refractivity contribution >= 4 is 46.6 Å². The molecule has 0 aliphatic carbocycles. The van der Waals surface area contributed by atoms with Crippen LogP contribution in [0.2, 0.25) is 15.1 Å². The molecular formula is C19H13Cl3N2O4. The van der Waals surface area contributed by atoms with E-state index in [1.165, 1.54) is 18.2 Å². The Morgan fingerprint density at radius 3 is 2.46 bits per heavy atom. The van der Waals surface area contributed by atoms with Gasteiger partial charge in [-0.05, 0) is 42.5 Å². The molecule has 0 atom stereocenters. The molecule has 2 N–H and O–H groups in total. The van der Waals surface area contributed by atoms with Crippen LogP contribution in [-0.4, -0.2) is 18.4 Å². The van der Waals surface area contributed by atoms with Gasteiger partial charge in [-0.3, -0.25) is 20.4 Å². The quantitative estimate of drug-likeness (QED) is 0.562. The van der Waals surface area contributed by atoms with Crippen LogP contribution in [0.3, 0.4) is 0 Å². The van der Waals surface area contributed by atoms with Crippen LogP contribution in [0.4, 0.5) is 0 Å². The van der Waals surface area contributed by atoms with Crippen LogP contribution in [0, 0.1) is 0 Å². The van der Waals surface area contributed by atoms with Crippen molar-refractivity contribution < 1.29 is 18.7 Å². The maximum atomic E-state index is 12.1. The first-order chi connectivity index (χ1) is 13.4. The predicted molar refractivity (Wildman–Crippen MR) is 107 cm³/mol. The summed E-state index contributed by atoms with van der Waals surface area (Å²) in [7, 11) is 0. The third-order valence-corrected chi connectivity index (χ3v) is 4.40. The van der Waals surface area contributed by atoms with Gasteiger partial charge >= 0.3 is 5.91 Å².